The third-order valence-corrected chi connectivity index (χ3v) is 5.63. The molecular formula is C15H27NO. The Balaban J connectivity index is 1.63. The van der Waals surface area contributed by atoms with Crippen molar-refractivity contribution in [2.45, 2.75) is 64.0 Å². The molecule has 0 aliphatic heterocycles. The molecule has 0 aromatic heterocycles. The summed E-state index contributed by atoms with van der Waals surface area (Å²) in [4.78, 5) is 0. The molecule has 4 saturated carbocycles. The van der Waals surface area contributed by atoms with Crippen molar-refractivity contribution in [1.29, 1.82) is 0 Å². The summed E-state index contributed by atoms with van der Waals surface area (Å²) in [7, 11) is 0. The van der Waals surface area contributed by atoms with Gasteiger partial charge < -0.3 is 10.4 Å². The molecule has 4 aliphatic carbocycles. The zero-order valence-electron chi connectivity index (χ0n) is 11.1. The van der Waals surface area contributed by atoms with Crippen LogP contribution in [0.25, 0.3) is 0 Å². The van der Waals surface area contributed by atoms with Crippen LogP contribution in [0.1, 0.15) is 51.9 Å². The predicted octanol–water partition coefficient (Wildman–Crippen LogP) is 2.56. The molecule has 0 aromatic carbocycles. The normalized spacial score (nSPS) is 45.2. The first kappa shape index (κ1) is 12.0. The van der Waals surface area contributed by atoms with Crippen molar-refractivity contribution >= 4 is 0 Å². The van der Waals surface area contributed by atoms with Crippen LogP contribution in [0.5, 0.6) is 0 Å². The Morgan fingerprint density at radius 3 is 2.12 bits per heavy atom. The minimum atomic E-state index is 0.332. The Labute approximate surface area is 105 Å². The van der Waals surface area contributed by atoms with Gasteiger partial charge in [-0.25, -0.2) is 0 Å². The second-order valence-corrected chi connectivity index (χ2v) is 6.74. The molecule has 2 nitrogen and oxygen atoms in total. The van der Waals surface area contributed by atoms with Gasteiger partial charge in [0.05, 0.1) is 0 Å². The van der Waals surface area contributed by atoms with E-state index in [-0.39, 0.29) is 0 Å². The van der Waals surface area contributed by atoms with Gasteiger partial charge in [-0.2, -0.15) is 0 Å². The first-order chi connectivity index (χ1) is 8.30. The van der Waals surface area contributed by atoms with Crippen LogP contribution in [0.3, 0.4) is 0 Å². The fourth-order valence-corrected chi connectivity index (χ4v) is 5.03. The molecule has 17 heavy (non-hydrogen) atoms. The van der Waals surface area contributed by atoms with Gasteiger partial charge in [0.25, 0.3) is 0 Å². The summed E-state index contributed by atoms with van der Waals surface area (Å²) < 4.78 is 0. The third-order valence-electron chi connectivity index (χ3n) is 5.63. The van der Waals surface area contributed by atoms with Crippen molar-refractivity contribution in [2.75, 3.05) is 6.61 Å². The zero-order chi connectivity index (χ0) is 11.8. The maximum atomic E-state index is 9.11. The molecule has 0 spiro atoms. The molecule has 0 aromatic rings. The molecule has 0 radical (unpaired) electrons. The lowest BCUT2D eigenvalue weighted by Gasteiger charge is -2.55. The van der Waals surface area contributed by atoms with E-state index in [2.05, 4.69) is 12.2 Å². The quantitative estimate of drug-likeness (QED) is 0.770. The summed E-state index contributed by atoms with van der Waals surface area (Å²) in [5, 5.41) is 13.0. The van der Waals surface area contributed by atoms with Gasteiger partial charge in [0.2, 0.25) is 0 Å². The van der Waals surface area contributed by atoms with Crippen molar-refractivity contribution in [3.63, 3.8) is 0 Å². The highest BCUT2D eigenvalue weighted by Crippen LogP contribution is 2.53. The highest BCUT2D eigenvalue weighted by atomic mass is 16.3. The highest BCUT2D eigenvalue weighted by molar-refractivity contribution is 5.01. The first-order valence-corrected chi connectivity index (χ1v) is 7.67. The van der Waals surface area contributed by atoms with Crippen LogP contribution in [0.4, 0.5) is 0 Å². The summed E-state index contributed by atoms with van der Waals surface area (Å²) in [6, 6.07) is 1.32. The fourth-order valence-electron chi connectivity index (χ4n) is 5.03. The second-order valence-electron chi connectivity index (χ2n) is 6.74. The van der Waals surface area contributed by atoms with Crippen molar-refractivity contribution in [3.8, 4) is 0 Å². The van der Waals surface area contributed by atoms with Crippen LogP contribution in [-0.4, -0.2) is 23.8 Å². The minimum Gasteiger partial charge on any atom is -0.396 e. The van der Waals surface area contributed by atoms with Crippen LogP contribution < -0.4 is 5.32 Å². The summed E-state index contributed by atoms with van der Waals surface area (Å²) in [6.45, 7) is 2.57. The lowest BCUT2D eigenvalue weighted by Crippen LogP contribution is -2.56. The number of hydrogen-bond donors (Lipinski definition) is 2. The average molecular weight is 237 g/mol. The second kappa shape index (κ2) is 4.89. The standard InChI is InChI=1S/C15H27NO/c1-2-14(3-4-17)16-15-12-6-10-5-11(8-12)9-13(15)7-10/h10-17H,2-9H2,1H3. The molecule has 0 amide bonds. The Bertz CT molecular complexity index is 238. The van der Waals surface area contributed by atoms with E-state index in [0.29, 0.717) is 12.6 Å². The average Bonchev–Trinajstić information content (AvgIpc) is 2.31. The van der Waals surface area contributed by atoms with Gasteiger partial charge in [-0.3, -0.25) is 0 Å². The zero-order valence-corrected chi connectivity index (χ0v) is 11.1. The molecular weight excluding hydrogens is 210 g/mol. The highest BCUT2D eigenvalue weighted by Gasteiger charge is 2.48. The maximum absolute atomic E-state index is 9.11. The number of aliphatic hydroxyl groups excluding tert-OH is 1. The Morgan fingerprint density at radius 2 is 1.65 bits per heavy atom. The number of hydrogen-bond acceptors (Lipinski definition) is 2. The topological polar surface area (TPSA) is 32.3 Å². The van der Waals surface area contributed by atoms with Gasteiger partial charge in [0.15, 0.2) is 0 Å². The van der Waals surface area contributed by atoms with E-state index in [0.717, 1.165) is 42.6 Å². The Morgan fingerprint density at radius 1 is 1.06 bits per heavy atom. The molecule has 1 unspecified atom stereocenters. The summed E-state index contributed by atoms with van der Waals surface area (Å²) in [5.41, 5.74) is 0. The molecule has 98 valence electrons. The van der Waals surface area contributed by atoms with Crippen molar-refractivity contribution in [2.24, 2.45) is 23.7 Å². The predicted molar refractivity (Wildman–Crippen MR) is 69.8 cm³/mol. The van der Waals surface area contributed by atoms with Crippen LogP contribution >= 0.6 is 0 Å². The van der Waals surface area contributed by atoms with Gasteiger partial charge in [0, 0.05) is 18.7 Å². The molecule has 4 fully saturated rings. The van der Waals surface area contributed by atoms with Crippen molar-refractivity contribution < 1.29 is 5.11 Å². The van der Waals surface area contributed by atoms with Crippen LogP contribution in [0.2, 0.25) is 0 Å². The van der Waals surface area contributed by atoms with Gasteiger partial charge >= 0.3 is 0 Å². The van der Waals surface area contributed by atoms with E-state index >= 15 is 0 Å². The smallest absolute Gasteiger partial charge is 0.0445 e. The molecule has 2 N–H and O–H groups in total. The number of rotatable bonds is 5. The number of aliphatic hydroxyl groups is 1. The Hall–Kier alpha value is -0.0800. The van der Waals surface area contributed by atoms with Crippen molar-refractivity contribution in [1.82, 2.24) is 5.32 Å². The molecule has 0 saturated heterocycles. The minimum absolute atomic E-state index is 0.332. The van der Waals surface area contributed by atoms with Crippen LogP contribution in [0, 0.1) is 23.7 Å². The molecule has 1 atom stereocenters. The van der Waals surface area contributed by atoms with E-state index in [4.69, 9.17) is 5.11 Å². The van der Waals surface area contributed by atoms with Gasteiger partial charge in [-0.1, -0.05) is 6.92 Å². The summed E-state index contributed by atoms with van der Waals surface area (Å²) >= 11 is 0. The molecule has 4 aliphatic rings. The van der Waals surface area contributed by atoms with Gasteiger partial charge in [0.1, 0.15) is 0 Å². The molecule has 0 heterocycles. The summed E-state index contributed by atoms with van der Waals surface area (Å²) in [5.74, 6) is 4.04. The van der Waals surface area contributed by atoms with E-state index in [1.165, 1.54) is 32.1 Å². The lowest BCUT2D eigenvalue weighted by molar-refractivity contribution is -0.0187. The largest absolute Gasteiger partial charge is 0.396 e. The monoisotopic (exact) mass is 237 g/mol. The van der Waals surface area contributed by atoms with Gasteiger partial charge in [-0.05, 0) is 68.6 Å². The third kappa shape index (κ3) is 2.26. The molecule has 2 heteroatoms. The van der Waals surface area contributed by atoms with E-state index < -0.39 is 0 Å². The summed E-state index contributed by atoms with van der Waals surface area (Å²) in [6.07, 6.45) is 9.57. The fraction of sp³-hybridized carbons (Fsp3) is 1.00. The van der Waals surface area contributed by atoms with E-state index in [1.54, 1.807) is 0 Å². The SMILES string of the molecule is CCC(CCO)NC1C2CC3CC(C2)CC1C3. The van der Waals surface area contributed by atoms with E-state index in [9.17, 15) is 0 Å². The van der Waals surface area contributed by atoms with Crippen molar-refractivity contribution in [3.05, 3.63) is 0 Å². The van der Waals surface area contributed by atoms with Gasteiger partial charge in [-0.15, -0.1) is 0 Å². The van der Waals surface area contributed by atoms with Crippen LogP contribution in [-0.2, 0) is 0 Å². The van der Waals surface area contributed by atoms with Crippen LogP contribution in [0.15, 0.2) is 0 Å². The number of nitrogens with one attached hydrogen (secondary N) is 1. The lowest BCUT2D eigenvalue weighted by atomic mass is 9.54. The van der Waals surface area contributed by atoms with E-state index in [1.807, 2.05) is 0 Å². The molecule has 4 rings (SSSR count). The molecule has 4 bridgehead atoms. The maximum Gasteiger partial charge on any atom is 0.0445 e. The first-order valence-electron chi connectivity index (χ1n) is 7.67. The Kier molecular flexibility index (Phi) is 3.45.